The van der Waals surface area contributed by atoms with Gasteiger partial charge in [0.1, 0.15) is 11.6 Å². The Kier molecular flexibility index (Phi) is 5.79. The number of benzene rings is 2. The van der Waals surface area contributed by atoms with Crippen LogP contribution in [0.3, 0.4) is 0 Å². The molecule has 2 heterocycles. The quantitative estimate of drug-likeness (QED) is 0.779. The molecule has 2 aromatic carbocycles. The summed E-state index contributed by atoms with van der Waals surface area (Å²) in [6, 6.07) is 15.6. The maximum absolute atomic E-state index is 13.2. The van der Waals surface area contributed by atoms with Gasteiger partial charge in [0.05, 0.1) is 12.1 Å². The molecule has 0 unspecified atom stereocenters. The number of hydrogen-bond donors (Lipinski definition) is 0. The second-order valence-corrected chi connectivity index (χ2v) is 7.65. The van der Waals surface area contributed by atoms with Gasteiger partial charge in [0.15, 0.2) is 6.61 Å². The molecule has 6 heteroatoms. The highest BCUT2D eigenvalue weighted by Crippen LogP contribution is 2.32. The van der Waals surface area contributed by atoms with Gasteiger partial charge >= 0.3 is 0 Å². The van der Waals surface area contributed by atoms with Crippen molar-refractivity contribution in [1.82, 2.24) is 9.80 Å². The lowest BCUT2D eigenvalue weighted by molar-refractivity contribution is -0.137. The van der Waals surface area contributed by atoms with Gasteiger partial charge in [-0.25, -0.2) is 4.39 Å². The van der Waals surface area contributed by atoms with Gasteiger partial charge in [-0.3, -0.25) is 9.59 Å². The minimum Gasteiger partial charge on any atom is -0.484 e. The summed E-state index contributed by atoms with van der Waals surface area (Å²) in [7, 11) is 0. The standard InChI is InChI=1S/C23H25FN2O3/c24-18-11-9-17(10-12-18)15-26-21-13-14-25(20(21)7-4-8-22(26)27)23(28)16-29-19-5-2-1-3-6-19/h1-3,5-6,9-12,20-21H,4,7-8,13-16H2/t20-,21-/m1/s1. The van der Waals surface area contributed by atoms with E-state index in [1.807, 2.05) is 40.1 Å². The zero-order valence-corrected chi connectivity index (χ0v) is 16.3. The summed E-state index contributed by atoms with van der Waals surface area (Å²) in [6.07, 6.45) is 2.82. The molecule has 0 saturated carbocycles. The zero-order chi connectivity index (χ0) is 20.2. The van der Waals surface area contributed by atoms with Crippen LogP contribution in [0.25, 0.3) is 0 Å². The molecule has 2 saturated heterocycles. The average Bonchev–Trinajstić information content (AvgIpc) is 3.09. The number of ether oxygens (including phenoxy) is 1. The van der Waals surface area contributed by atoms with Crippen LogP contribution in [-0.2, 0) is 16.1 Å². The van der Waals surface area contributed by atoms with Crippen LogP contribution in [0.2, 0.25) is 0 Å². The van der Waals surface area contributed by atoms with Gasteiger partial charge < -0.3 is 14.5 Å². The van der Waals surface area contributed by atoms with Crippen LogP contribution >= 0.6 is 0 Å². The lowest BCUT2D eigenvalue weighted by atomic mass is 10.0. The van der Waals surface area contributed by atoms with Crippen LogP contribution in [0.1, 0.15) is 31.2 Å². The molecule has 2 fully saturated rings. The summed E-state index contributed by atoms with van der Waals surface area (Å²) in [5, 5.41) is 0. The van der Waals surface area contributed by atoms with Crippen LogP contribution in [0.4, 0.5) is 4.39 Å². The summed E-state index contributed by atoms with van der Waals surface area (Å²) in [6.45, 7) is 1.07. The van der Waals surface area contributed by atoms with Crippen LogP contribution in [0.5, 0.6) is 5.75 Å². The maximum Gasteiger partial charge on any atom is 0.260 e. The molecule has 2 atom stereocenters. The van der Waals surface area contributed by atoms with E-state index in [2.05, 4.69) is 0 Å². The van der Waals surface area contributed by atoms with E-state index in [-0.39, 0.29) is 36.3 Å². The van der Waals surface area contributed by atoms with Gasteiger partial charge in [-0.2, -0.15) is 0 Å². The lowest BCUT2D eigenvalue weighted by Gasteiger charge is -2.33. The van der Waals surface area contributed by atoms with Crippen molar-refractivity contribution in [3.05, 3.63) is 66.0 Å². The number of carbonyl (C=O) groups is 2. The first-order valence-electron chi connectivity index (χ1n) is 10.1. The van der Waals surface area contributed by atoms with E-state index in [0.29, 0.717) is 25.3 Å². The summed E-state index contributed by atoms with van der Waals surface area (Å²) in [4.78, 5) is 29.3. The summed E-state index contributed by atoms with van der Waals surface area (Å²) in [5.41, 5.74) is 0.901. The van der Waals surface area contributed by atoms with Gasteiger partial charge in [0, 0.05) is 19.5 Å². The molecule has 29 heavy (non-hydrogen) atoms. The van der Waals surface area contributed by atoms with Crippen molar-refractivity contribution >= 4 is 11.8 Å². The minimum absolute atomic E-state index is 0.000851. The molecule has 0 bridgehead atoms. The first-order chi connectivity index (χ1) is 14.1. The van der Waals surface area contributed by atoms with Crippen molar-refractivity contribution in [3.8, 4) is 5.75 Å². The van der Waals surface area contributed by atoms with E-state index in [0.717, 1.165) is 24.8 Å². The van der Waals surface area contributed by atoms with Crippen molar-refractivity contribution in [3.63, 3.8) is 0 Å². The monoisotopic (exact) mass is 396 g/mol. The molecule has 2 aliphatic rings. The Labute approximate surface area is 170 Å². The molecule has 2 aromatic rings. The van der Waals surface area contributed by atoms with Gasteiger partial charge in [-0.05, 0) is 49.1 Å². The van der Waals surface area contributed by atoms with Crippen LogP contribution < -0.4 is 4.74 Å². The van der Waals surface area contributed by atoms with Crippen molar-refractivity contribution in [2.24, 2.45) is 0 Å². The molecule has 2 amide bonds. The highest BCUT2D eigenvalue weighted by Gasteiger charge is 2.43. The van der Waals surface area contributed by atoms with Crippen molar-refractivity contribution in [2.75, 3.05) is 13.2 Å². The first-order valence-corrected chi connectivity index (χ1v) is 10.1. The topological polar surface area (TPSA) is 49.9 Å². The predicted molar refractivity (Wildman–Crippen MR) is 107 cm³/mol. The molecule has 0 spiro atoms. The van der Waals surface area contributed by atoms with Crippen molar-refractivity contribution < 1.29 is 18.7 Å². The van der Waals surface area contributed by atoms with E-state index < -0.39 is 0 Å². The highest BCUT2D eigenvalue weighted by molar-refractivity contribution is 5.80. The van der Waals surface area contributed by atoms with E-state index in [1.165, 1.54) is 12.1 Å². The normalized spacial score (nSPS) is 21.6. The van der Waals surface area contributed by atoms with Gasteiger partial charge in [0.2, 0.25) is 5.91 Å². The molecule has 0 aliphatic carbocycles. The van der Waals surface area contributed by atoms with Crippen molar-refractivity contribution in [1.29, 1.82) is 0 Å². The van der Waals surface area contributed by atoms with Gasteiger partial charge in [0.25, 0.3) is 5.91 Å². The zero-order valence-electron chi connectivity index (χ0n) is 16.3. The lowest BCUT2D eigenvalue weighted by Crippen LogP contribution is -2.47. The van der Waals surface area contributed by atoms with Gasteiger partial charge in [-0.15, -0.1) is 0 Å². The van der Waals surface area contributed by atoms with Crippen LogP contribution in [0.15, 0.2) is 54.6 Å². The number of hydrogen-bond acceptors (Lipinski definition) is 3. The fourth-order valence-corrected chi connectivity index (χ4v) is 4.39. The Morgan fingerprint density at radius 3 is 2.55 bits per heavy atom. The molecule has 0 N–H and O–H groups in total. The Morgan fingerprint density at radius 1 is 1.03 bits per heavy atom. The fraction of sp³-hybridized carbons (Fsp3) is 0.391. The fourth-order valence-electron chi connectivity index (χ4n) is 4.39. The third kappa shape index (κ3) is 4.42. The highest BCUT2D eigenvalue weighted by atomic mass is 19.1. The Hall–Kier alpha value is -2.89. The number of para-hydroxylation sites is 1. The van der Waals surface area contributed by atoms with E-state index in [9.17, 15) is 14.0 Å². The Balaban J connectivity index is 1.45. The second-order valence-electron chi connectivity index (χ2n) is 7.65. The van der Waals surface area contributed by atoms with Crippen LogP contribution in [-0.4, -0.2) is 46.8 Å². The Morgan fingerprint density at radius 2 is 1.79 bits per heavy atom. The van der Waals surface area contributed by atoms with E-state index in [4.69, 9.17) is 4.74 Å². The number of rotatable bonds is 5. The third-order valence-corrected chi connectivity index (χ3v) is 5.81. The third-order valence-electron chi connectivity index (χ3n) is 5.81. The average molecular weight is 396 g/mol. The second kappa shape index (κ2) is 8.64. The first kappa shape index (κ1) is 19.4. The van der Waals surface area contributed by atoms with E-state index >= 15 is 0 Å². The van der Waals surface area contributed by atoms with Crippen molar-refractivity contribution in [2.45, 2.75) is 44.3 Å². The number of carbonyl (C=O) groups excluding carboxylic acids is 2. The molecule has 0 aromatic heterocycles. The summed E-state index contributed by atoms with van der Waals surface area (Å²) >= 11 is 0. The number of amides is 2. The van der Waals surface area contributed by atoms with Crippen LogP contribution in [0, 0.1) is 5.82 Å². The van der Waals surface area contributed by atoms with Gasteiger partial charge in [-0.1, -0.05) is 30.3 Å². The summed E-state index contributed by atoms with van der Waals surface area (Å²) in [5.74, 6) is 0.449. The number of fused-ring (bicyclic) bond motifs is 1. The van der Waals surface area contributed by atoms with E-state index in [1.54, 1.807) is 12.1 Å². The molecule has 0 radical (unpaired) electrons. The Bertz CT molecular complexity index is 856. The minimum atomic E-state index is -0.287. The molecule has 2 aliphatic heterocycles. The molecular weight excluding hydrogens is 371 g/mol. The number of halogens is 1. The molecule has 4 rings (SSSR count). The maximum atomic E-state index is 13.2. The SMILES string of the molecule is O=C(COc1ccccc1)N1CC[C@@H]2[C@H]1CCCC(=O)N2Cc1ccc(F)cc1. The molecule has 5 nitrogen and oxygen atoms in total. The molecule has 152 valence electrons. The number of nitrogens with zero attached hydrogens (tertiary/aromatic N) is 2. The smallest absolute Gasteiger partial charge is 0.260 e. The number of likely N-dealkylation sites (tertiary alicyclic amines) is 2. The molecular formula is C23H25FN2O3. The summed E-state index contributed by atoms with van der Waals surface area (Å²) < 4.78 is 18.9. The largest absolute Gasteiger partial charge is 0.484 e. The predicted octanol–water partition coefficient (Wildman–Crippen LogP) is 3.39.